The predicted molar refractivity (Wildman–Crippen MR) is 32.7 cm³/mol. The van der Waals surface area contributed by atoms with Gasteiger partial charge in [-0.1, -0.05) is 0 Å². The molecule has 0 radical (unpaired) electrons. The van der Waals surface area contributed by atoms with Crippen LogP contribution in [0.1, 0.15) is 0 Å². The van der Waals surface area contributed by atoms with Crippen molar-refractivity contribution in [3.8, 4) is 5.88 Å². The minimum atomic E-state index is -2.70. The summed E-state index contributed by atoms with van der Waals surface area (Å²) in [5.74, 6) is -0.279. The first kappa shape index (κ1) is 8.15. The zero-order valence-electron chi connectivity index (χ0n) is 5.48. The van der Waals surface area contributed by atoms with Gasteiger partial charge in [0.25, 0.3) is 6.08 Å². The third-order valence-electron chi connectivity index (χ3n) is 0.951. The summed E-state index contributed by atoms with van der Waals surface area (Å²) in [4.78, 5) is 3.13. The summed E-state index contributed by atoms with van der Waals surface area (Å²) in [5.41, 5.74) is 0. The molecule has 1 heterocycles. The highest BCUT2D eigenvalue weighted by Crippen LogP contribution is 2.08. The third kappa shape index (κ3) is 1.99. The van der Waals surface area contributed by atoms with Gasteiger partial charge in [-0.05, 0) is 0 Å². The lowest BCUT2D eigenvalue weighted by Crippen LogP contribution is -1.97. The first-order valence-corrected chi connectivity index (χ1v) is 3.56. The van der Waals surface area contributed by atoms with Crippen LogP contribution in [0, 0.1) is 6.08 Å². The van der Waals surface area contributed by atoms with Crippen molar-refractivity contribution in [2.45, 2.75) is 0 Å². The molecule has 1 aromatic heterocycles. The number of rotatable bonds is 2. The van der Waals surface area contributed by atoms with Gasteiger partial charge in [0.05, 0.1) is 6.20 Å². The van der Waals surface area contributed by atoms with Crippen LogP contribution in [0.25, 0.3) is 0 Å². The van der Waals surface area contributed by atoms with Gasteiger partial charge < -0.3 is 13.3 Å². The summed E-state index contributed by atoms with van der Waals surface area (Å²) in [5, 5.41) is 0. The lowest BCUT2D eigenvalue weighted by Gasteiger charge is -2.01. The van der Waals surface area contributed by atoms with E-state index in [4.69, 9.17) is 0 Å². The molecule has 1 unspecified atom stereocenters. The van der Waals surface area contributed by atoms with Crippen LogP contribution in [-0.2, 0) is 18.4 Å². The average molecular weight is 179 g/mol. The fraction of sp³-hybridized carbons (Fsp3) is 0.250. The molecule has 0 N–H and O–H groups in total. The molecule has 62 valence electrons. The van der Waals surface area contributed by atoms with E-state index >= 15 is 0 Å². The van der Waals surface area contributed by atoms with Gasteiger partial charge in [0.2, 0.25) is 5.88 Å². The standard InChI is InChI=1S/C4H5FN2O3S/c1-7-2-3(6-4(7)5)10-11(8)9/h2H,1H3,(H,8,9)/p-1. The van der Waals surface area contributed by atoms with E-state index in [1.165, 1.54) is 7.05 Å². The van der Waals surface area contributed by atoms with E-state index in [9.17, 15) is 13.2 Å². The SMILES string of the molecule is Cn1cc(OS(=O)[O-])nc1F. The van der Waals surface area contributed by atoms with Gasteiger partial charge in [-0.25, -0.2) is 4.21 Å². The highest BCUT2D eigenvalue weighted by molar-refractivity contribution is 7.74. The monoisotopic (exact) mass is 179 g/mol. The molecule has 0 spiro atoms. The number of hydrogen-bond donors (Lipinski definition) is 0. The first-order valence-electron chi connectivity index (χ1n) is 2.56. The maximum atomic E-state index is 12.4. The van der Waals surface area contributed by atoms with Crippen LogP contribution < -0.4 is 4.18 Å². The Morgan fingerprint density at radius 3 is 2.91 bits per heavy atom. The molecule has 0 aromatic carbocycles. The smallest absolute Gasteiger partial charge is 0.292 e. The summed E-state index contributed by atoms with van der Waals surface area (Å²) < 4.78 is 37.2. The predicted octanol–water partition coefficient (Wildman–Crippen LogP) is -0.268. The molecule has 0 fully saturated rings. The largest absolute Gasteiger partial charge is 0.740 e. The Morgan fingerprint density at radius 1 is 1.91 bits per heavy atom. The number of hydrogen-bond acceptors (Lipinski definition) is 4. The van der Waals surface area contributed by atoms with Crippen molar-refractivity contribution in [3.05, 3.63) is 12.3 Å². The Balaban J connectivity index is 2.81. The van der Waals surface area contributed by atoms with Gasteiger partial charge >= 0.3 is 0 Å². The van der Waals surface area contributed by atoms with E-state index in [1.807, 2.05) is 0 Å². The minimum Gasteiger partial charge on any atom is -0.740 e. The molecule has 1 aromatic rings. The van der Waals surface area contributed by atoms with Crippen LogP contribution in [0.5, 0.6) is 5.88 Å². The molecule has 0 bridgehead atoms. The highest BCUT2D eigenvalue weighted by atomic mass is 32.2. The van der Waals surface area contributed by atoms with E-state index < -0.39 is 17.4 Å². The molecule has 1 atom stereocenters. The van der Waals surface area contributed by atoms with Crippen LogP contribution in [0.15, 0.2) is 6.20 Å². The van der Waals surface area contributed by atoms with E-state index in [0.29, 0.717) is 0 Å². The van der Waals surface area contributed by atoms with E-state index in [2.05, 4.69) is 9.17 Å². The molecule has 0 saturated heterocycles. The van der Waals surface area contributed by atoms with Crippen molar-refractivity contribution in [1.29, 1.82) is 0 Å². The van der Waals surface area contributed by atoms with E-state index in [-0.39, 0.29) is 5.88 Å². The van der Waals surface area contributed by atoms with Gasteiger partial charge in [0, 0.05) is 7.05 Å². The summed E-state index contributed by atoms with van der Waals surface area (Å²) in [7, 11) is 1.38. The maximum absolute atomic E-state index is 12.4. The summed E-state index contributed by atoms with van der Waals surface area (Å²) in [6, 6.07) is 0. The average Bonchev–Trinajstić information content (AvgIpc) is 2.10. The minimum absolute atomic E-state index is 0.279. The van der Waals surface area contributed by atoms with Crippen LogP contribution in [0.2, 0.25) is 0 Å². The van der Waals surface area contributed by atoms with Crippen LogP contribution in [-0.4, -0.2) is 18.3 Å². The molecule has 7 heteroatoms. The third-order valence-corrected chi connectivity index (χ3v) is 1.26. The second-order valence-electron chi connectivity index (χ2n) is 1.75. The van der Waals surface area contributed by atoms with E-state index in [0.717, 1.165) is 10.8 Å². The Morgan fingerprint density at radius 2 is 2.55 bits per heavy atom. The van der Waals surface area contributed by atoms with Gasteiger partial charge in [0.1, 0.15) is 11.4 Å². The molecule has 0 aliphatic carbocycles. The first-order chi connectivity index (χ1) is 5.09. The molecular formula is C4H4FN2O3S-. The van der Waals surface area contributed by atoms with Crippen molar-refractivity contribution < 1.29 is 17.3 Å². The topological polar surface area (TPSA) is 67.2 Å². The molecule has 11 heavy (non-hydrogen) atoms. The van der Waals surface area contributed by atoms with Crippen molar-refractivity contribution in [3.63, 3.8) is 0 Å². The van der Waals surface area contributed by atoms with Gasteiger partial charge in [-0.15, -0.1) is 0 Å². The zero-order valence-corrected chi connectivity index (χ0v) is 6.30. The fourth-order valence-electron chi connectivity index (χ4n) is 0.527. The van der Waals surface area contributed by atoms with Crippen molar-refractivity contribution in [2.75, 3.05) is 0 Å². The number of imidazole rings is 1. The van der Waals surface area contributed by atoms with Crippen LogP contribution in [0.3, 0.4) is 0 Å². The molecule has 0 aliphatic rings. The molecule has 5 nitrogen and oxygen atoms in total. The number of halogens is 1. The second-order valence-corrected chi connectivity index (χ2v) is 2.32. The lowest BCUT2D eigenvalue weighted by molar-refractivity contribution is 0.430. The number of aryl methyl sites for hydroxylation is 1. The molecule has 0 saturated carbocycles. The van der Waals surface area contributed by atoms with Crippen molar-refractivity contribution in [1.82, 2.24) is 9.55 Å². The van der Waals surface area contributed by atoms with Crippen LogP contribution >= 0.6 is 0 Å². The van der Waals surface area contributed by atoms with Gasteiger partial charge in [-0.3, -0.25) is 0 Å². The summed E-state index contributed by atoms with van der Waals surface area (Å²) in [6.45, 7) is 0. The van der Waals surface area contributed by atoms with Crippen molar-refractivity contribution >= 4 is 11.4 Å². The molecule has 1 rings (SSSR count). The summed E-state index contributed by atoms with van der Waals surface area (Å²) >= 11 is -2.70. The summed E-state index contributed by atoms with van der Waals surface area (Å²) in [6.07, 6.45) is 0.316. The fourth-order valence-corrected chi connectivity index (χ4v) is 0.747. The second kappa shape index (κ2) is 2.97. The molecule has 0 amide bonds. The Hall–Kier alpha value is -0.950. The Bertz CT molecular complexity index is 267. The molecular weight excluding hydrogens is 175 g/mol. The highest BCUT2D eigenvalue weighted by Gasteiger charge is 2.03. The van der Waals surface area contributed by atoms with Crippen molar-refractivity contribution in [2.24, 2.45) is 7.05 Å². The zero-order chi connectivity index (χ0) is 8.43. The Kier molecular flexibility index (Phi) is 2.20. The van der Waals surface area contributed by atoms with Crippen LogP contribution in [0.4, 0.5) is 4.39 Å². The number of nitrogens with zero attached hydrogens (tertiary/aromatic N) is 2. The number of aromatic nitrogens is 2. The Labute approximate surface area is 64.3 Å². The van der Waals surface area contributed by atoms with Gasteiger partial charge in [-0.2, -0.15) is 9.37 Å². The normalized spacial score (nSPS) is 13.0. The molecule has 0 aliphatic heterocycles. The lowest BCUT2D eigenvalue weighted by atomic mass is 10.8. The van der Waals surface area contributed by atoms with Gasteiger partial charge in [0.15, 0.2) is 0 Å². The quantitative estimate of drug-likeness (QED) is 0.586. The van der Waals surface area contributed by atoms with E-state index in [1.54, 1.807) is 0 Å². The maximum Gasteiger partial charge on any atom is 0.292 e.